The van der Waals surface area contributed by atoms with Crippen molar-refractivity contribution in [2.45, 2.75) is 6.04 Å². The molecule has 28 heavy (non-hydrogen) atoms. The molecule has 142 valence electrons. The molecular formula is C18H19N9O. The fourth-order valence-electron chi connectivity index (χ4n) is 3.32. The summed E-state index contributed by atoms with van der Waals surface area (Å²) in [5.41, 5.74) is 2.27. The zero-order valence-corrected chi connectivity index (χ0v) is 15.3. The topological polar surface area (TPSA) is 114 Å². The Morgan fingerprint density at radius 2 is 2.11 bits per heavy atom. The van der Waals surface area contributed by atoms with E-state index in [1.807, 2.05) is 37.5 Å². The van der Waals surface area contributed by atoms with Gasteiger partial charge in [0.25, 0.3) is 0 Å². The number of hydrogen-bond acceptors (Lipinski definition) is 7. The van der Waals surface area contributed by atoms with Gasteiger partial charge in [-0.3, -0.25) is 9.48 Å². The maximum Gasteiger partial charge on any atom is 0.243 e. The highest BCUT2D eigenvalue weighted by Gasteiger charge is 2.23. The Balaban J connectivity index is 1.66. The van der Waals surface area contributed by atoms with Gasteiger partial charge in [-0.15, -0.1) is 5.10 Å². The number of nitrogens with zero attached hydrogens (tertiary/aromatic N) is 6. The molecule has 0 saturated carbocycles. The van der Waals surface area contributed by atoms with Crippen LogP contribution in [0.15, 0.2) is 36.7 Å². The lowest BCUT2D eigenvalue weighted by molar-refractivity contribution is -0.121. The Kier molecular flexibility index (Phi) is 3.90. The van der Waals surface area contributed by atoms with Gasteiger partial charge in [-0.2, -0.15) is 9.61 Å². The molecule has 4 aromatic rings. The summed E-state index contributed by atoms with van der Waals surface area (Å²) in [7, 11) is 1.85. The standard InChI is InChI=1S/C18H19N9O/c1-26-10-11(8-21-26)15-24-16-12-4-2-3-5-13(12)22-18(27(16)25-15)23-14-9-19-6-7-20-17(14)28/h2-5,8,10,14,19H,6-7,9H2,1H3,(H,20,28)(H,22,23). The minimum atomic E-state index is -0.453. The number of rotatable bonds is 3. The number of para-hydroxylation sites is 1. The van der Waals surface area contributed by atoms with E-state index < -0.39 is 6.04 Å². The van der Waals surface area contributed by atoms with Gasteiger partial charge in [0, 0.05) is 38.3 Å². The van der Waals surface area contributed by atoms with Crippen LogP contribution in [0.1, 0.15) is 0 Å². The van der Waals surface area contributed by atoms with Crippen molar-refractivity contribution in [2.24, 2.45) is 7.05 Å². The van der Waals surface area contributed by atoms with Crippen molar-refractivity contribution in [1.82, 2.24) is 40.0 Å². The van der Waals surface area contributed by atoms with Crippen LogP contribution >= 0.6 is 0 Å². The minimum Gasteiger partial charge on any atom is -0.353 e. The molecule has 5 rings (SSSR count). The fraction of sp³-hybridized carbons (Fsp3) is 0.278. The van der Waals surface area contributed by atoms with Gasteiger partial charge in [-0.25, -0.2) is 9.97 Å². The molecule has 4 heterocycles. The average molecular weight is 377 g/mol. The summed E-state index contributed by atoms with van der Waals surface area (Å²) in [5.74, 6) is 0.957. The van der Waals surface area contributed by atoms with Gasteiger partial charge in [0.15, 0.2) is 11.5 Å². The first-order chi connectivity index (χ1) is 13.7. The van der Waals surface area contributed by atoms with Crippen LogP contribution in [0.2, 0.25) is 0 Å². The molecule has 0 spiro atoms. The van der Waals surface area contributed by atoms with Crippen LogP contribution in [-0.2, 0) is 11.8 Å². The molecule has 1 fully saturated rings. The lowest BCUT2D eigenvalue weighted by atomic mass is 10.2. The summed E-state index contributed by atoms with van der Waals surface area (Å²) in [4.78, 5) is 21.8. The van der Waals surface area contributed by atoms with Gasteiger partial charge >= 0.3 is 0 Å². The summed E-state index contributed by atoms with van der Waals surface area (Å²) >= 11 is 0. The predicted octanol–water partition coefficient (Wildman–Crippen LogP) is 0.178. The average Bonchev–Trinajstić information content (AvgIpc) is 3.28. The number of anilines is 1. The molecule has 3 aromatic heterocycles. The quantitative estimate of drug-likeness (QED) is 0.467. The largest absolute Gasteiger partial charge is 0.353 e. The summed E-state index contributed by atoms with van der Waals surface area (Å²) in [6.07, 6.45) is 3.58. The number of benzene rings is 1. The van der Waals surface area contributed by atoms with E-state index in [2.05, 4.69) is 26.1 Å². The number of hydrogen-bond donors (Lipinski definition) is 3. The van der Waals surface area contributed by atoms with Gasteiger partial charge < -0.3 is 16.0 Å². The predicted molar refractivity (Wildman–Crippen MR) is 104 cm³/mol. The van der Waals surface area contributed by atoms with Crippen LogP contribution in [0, 0.1) is 0 Å². The number of carbonyl (C=O) groups is 1. The van der Waals surface area contributed by atoms with E-state index >= 15 is 0 Å². The lowest BCUT2D eigenvalue weighted by Gasteiger charge is -2.16. The van der Waals surface area contributed by atoms with Crippen molar-refractivity contribution in [1.29, 1.82) is 0 Å². The van der Waals surface area contributed by atoms with Crippen molar-refractivity contribution in [3.63, 3.8) is 0 Å². The van der Waals surface area contributed by atoms with Crippen molar-refractivity contribution in [3.05, 3.63) is 36.7 Å². The van der Waals surface area contributed by atoms with Gasteiger partial charge in [0.05, 0.1) is 17.3 Å². The van der Waals surface area contributed by atoms with Crippen LogP contribution in [0.3, 0.4) is 0 Å². The first-order valence-corrected chi connectivity index (χ1v) is 9.08. The van der Waals surface area contributed by atoms with E-state index in [1.54, 1.807) is 15.4 Å². The van der Waals surface area contributed by atoms with Crippen LogP contribution in [-0.4, -0.2) is 60.9 Å². The third-order valence-corrected chi connectivity index (χ3v) is 4.71. The van der Waals surface area contributed by atoms with Crippen LogP contribution < -0.4 is 16.0 Å². The van der Waals surface area contributed by atoms with Crippen molar-refractivity contribution in [3.8, 4) is 11.4 Å². The monoisotopic (exact) mass is 377 g/mol. The Morgan fingerprint density at radius 1 is 1.21 bits per heavy atom. The smallest absolute Gasteiger partial charge is 0.243 e. The fourth-order valence-corrected chi connectivity index (χ4v) is 3.32. The third kappa shape index (κ3) is 2.83. The first-order valence-electron chi connectivity index (χ1n) is 9.08. The molecule has 1 aliphatic rings. The second kappa shape index (κ2) is 6.57. The molecule has 1 aromatic carbocycles. The minimum absolute atomic E-state index is 0.0688. The van der Waals surface area contributed by atoms with E-state index in [1.165, 1.54) is 0 Å². The second-order valence-electron chi connectivity index (χ2n) is 6.72. The highest BCUT2D eigenvalue weighted by atomic mass is 16.2. The number of amides is 1. The van der Waals surface area contributed by atoms with Crippen molar-refractivity contribution >= 4 is 28.4 Å². The maximum absolute atomic E-state index is 12.4. The molecule has 10 nitrogen and oxygen atoms in total. The van der Waals surface area contributed by atoms with Gasteiger partial charge in [-0.1, -0.05) is 12.1 Å². The number of aromatic nitrogens is 6. The normalized spacial score (nSPS) is 17.6. The van der Waals surface area contributed by atoms with Gasteiger partial charge in [-0.05, 0) is 12.1 Å². The SMILES string of the molecule is Cn1cc(-c2nc3c4ccccc4nc(NC4CNCCNC4=O)n3n2)cn1. The third-order valence-electron chi connectivity index (χ3n) is 4.71. The molecular weight excluding hydrogens is 358 g/mol. The zero-order chi connectivity index (χ0) is 19.1. The Hall–Kier alpha value is -3.53. The molecule has 1 amide bonds. The maximum atomic E-state index is 12.4. The van der Waals surface area contributed by atoms with Gasteiger partial charge in [0.1, 0.15) is 6.04 Å². The molecule has 0 aliphatic carbocycles. The van der Waals surface area contributed by atoms with E-state index in [0.717, 1.165) is 23.0 Å². The highest BCUT2D eigenvalue weighted by molar-refractivity contribution is 5.93. The molecule has 3 N–H and O–H groups in total. The molecule has 1 aliphatic heterocycles. The van der Waals surface area contributed by atoms with Crippen molar-refractivity contribution in [2.75, 3.05) is 25.0 Å². The summed E-state index contributed by atoms with van der Waals surface area (Å²) in [6.45, 7) is 1.84. The van der Waals surface area contributed by atoms with Crippen LogP contribution in [0.25, 0.3) is 27.9 Å². The summed E-state index contributed by atoms with van der Waals surface area (Å²) in [5, 5.41) is 19.1. The summed E-state index contributed by atoms with van der Waals surface area (Å²) < 4.78 is 3.36. The Labute approximate surface area is 160 Å². The lowest BCUT2D eigenvalue weighted by Crippen LogP contribution is -2.42. The molecule has 10 heteroatoms. The Morgan fingerprint density at radius 3 is 2.96 bits per heavy atom. The van der Waals surface area contributed by atoms with Gasteiger partial charge in [0.2, 0.25) is 11.9 Å². The highest BCUT2D eigenvalue weighted by Crippen LogP contribution is 2.24. The zero-order valence-electron chi connectivity index (χ0n) is 15.3. The molecule has 1 unspecified atom stereocenters. The number of carbonyl (C=O) groups excluding carboxylic acids is 1. The second-order valence-corrected chi connectivity index (χ2v) is 6.72. The van der Waals surface area contributed by atoms with Crippen LogP contribution in [0.4, 0.5) is 5.95 Å². The number of aryl methyl sites for hydroxylation is 1. The molecule has 1 atom stereocenters. The Bertz CT molecular complexity index is 1180. The van der Waals surface area contributed by atoms with Crippen molar-refractivity contribution < 1.29 is 4.79 Å². The van der Waals surface area contributed by atoms with E-state index in [-0.39, 0.29) is 5.91 Å². The molecule has 1 saturated heterocycles. The number of fused-ring (bicyclic) bond motifs is 3. The van der Waals surface area contributed by atoms with Crippen LogP contribution in [0.5, 0.6) is 0 Å². The number of nitrogens with one attached hydrogen (secondary N) is 3. The van der Waals surface area contributed by atoms with E-state index in [0.29, 0.717) is 30.5 Å². The molecule has 0 bridgehead atoms. The molecule has 0 radical (unpaired) electrons. The first kappa shape index (κ1) is 16.6. The van der Waals surface area contributed by atoms with E-state index in [9.17, 15) is 4.79 Å². The van der Waals surface area contributed by atoms with E-state index in [4.69, 9.17) is 9.97 Å². The summed E-state index contributed by atoms with van der Waals surface area (Å²) in [6, 6.07) is 7.30.